The van der Waals surface area contributed by atoms with E-state index in [1.165, 1.54) is 19.2 Å². The fourth-order valence-corrected chi connectivity index (χ4v) is 2.38. The summed E-state index contributed by atoms with van der Waals surface area (Å²) in [7, 11) is 1.39. The molecular formula is C20H23FN2O5. The first-order chi connectivity index (χ1) is 13.4. The van der Waals surface area contributed by atoms with Gasteiger partial charge in [-0.3, -0.25) is 0 Å². The zero-order valence-corrected chi connectivity index (χ0v) is 16.0. The lowest BCUT2D eigenvalue weighted by molar-refractivity contribution is -0.145. The highest BCUT2D eigenvalue weighted by Crippen LogP contribution is 2.22. The van der Waals surface area contributed by atoms with Crippen molar-refractivity contribution in [3.63, 3.8) is 0 Å². The molecule has 2 N–H and O–H groups in total. The summed E-state index contributed by atoms with van der Waals surface area (Å²) in [6, 6.07) is 10.2. The largest absolute Gasteiger partial charge is 0.494 e. The van der Waals surface area contributed by atoms with Crippen LogP contribution >= 0.6 is 0 Å². The zero-order chi connectivity index (χ0) is 20.5. The predicted molar refractivity (Wildman–Crippen MR) is 102 cm³/mol. The van der Waals surface area contributed by atoms with Gasteiger partial charge in [0, 0.05) is 5.69 Å². The SMILES string of the molecule is CCOC(=O)COc1ccc(NC(=O)N[C@@H](C)c2ccc(OC)c(F)c2)cc1. The van der Waals surface area contributed by atoms with E-state index in [1.807, 2.05) is 0 Å². The van der Waals surface area contributed by atoms with E-state index in [9.17, 15) is 14.0 Å². The highest BCUT2D eigenvalue weighted by molar-refractivity contribution is 5.89. The Kier molecular flexibility index (Phi) is 7.62. The van der Waals surface area contributed by atoms with Crippen molar-refractivity contribution in [1.29, 1.82) is 0 Å². The third-order valence-corrected chi connectivity index (χ3v) is 3.80. The molecule has 0 aromatic heterocycles. The number of anilines is 1. The zero-order valence-electron chi connectivity index (χ0n) is 16.0. The molecule has 2 aromatic rings. The molecule has 0 aliphatic carbocycles. The van der Waals surface area contributed by atoms with Crippen LogP contribution in [0.3, 0.4) is 0 Å². The number of nitrogens with one attached hydrogen (secondary N) is 2. The van der Waals surface area contributed by atoms with E-state index >= 15 is 0 Å². The Labute approximate surface area is 162 Å². The molecule has 0 fully saturated rings. The van der Waals surface area contributed by atoms with Crippen LogP contribution in [0.1, 0.15) is 25.5 Å². The summed E-state index contributed by atoms with van der Waals surface area (Å²) in [6.45, 7) is 3.57. The Hall–Kier alpha value is -3.29. The number of carbonyl (C=O) groups excluding carboxylic acids is 2. The number of esters is 1. The smallest absolute Gasteiger partial charge is 0.344 e. The highest BCUT2D eigenvalue weighted by Gasteiger charge is 2.12. The number of amides is 2. The molecule has 2 aromatic carbocycles. The Bertz CT molecular complexity index is 811. The van der Waals surface area contributed by atoms with Crippen LogP contribution in [-0.4, -0.2) is 32.3 Å². The van der Waals surface area contributed by atoms with Crippen molar-refractivity contribution < 1.29 is 28.2 Å². The minimum absolute atomic E-state index is 0.144. The maximum Gasteiger partial charge on any atom is 0.344 e. The second-order valence-corrected chi connectivity index (χ2v) is 5.83. The average molecular weight is 390 g/mol. The van der Waals surface area contributed by atoms with Crippen LogP contribution in [-0.2, 0) is 9.53 Å². The highest BCUT2D eigenvalue weighted by atomic mass is 19.1. The Morgan fingerprint density at radius 2 is 1.86 bits per heavy atom. The van der Waals surface area contributed by atoms with Gasteiger partial charge in [-0.1, -0.05) is 6.07 Å². The Morgan fingerprint density at radius 1 is 1.14 bits per heavy atom. The number of methoxy groups -OCH3 is 1. The van der Waals surface area contributed by atoms with Gasteiger partial charge < -0.3 is 24.8 Å². The number of rotatable bonds is 8. The van der Waals surface area contributed by atoms with Crippen molar-refractivity contribution in [1.82, 2.24) is 5.32 Å². The molecule has 7 nitrogen and oxygen atoms in total. The molecule has 0 bridgehead atoms. The Balaban J connectivity index is 1.86. The van der Waals surface area contributed by atoms with Crippen molar-refractivity contribution in [3.05, 3.63) is 53.8 Å². The van der Waals surface area contributed by atoms with E-state index in [0.29, 0.717) is 23.6 Å². The first-order valence-corrected chi connectivity index (χ1v) is 8.72. The van der Waals surface area contributed by atoms with Gasteiger partial charge in [-0.05, 0) is 55.8 Å². The van der Waals surface area contributed by atoms with Gasteiger partial charge in [0.1, 0.15) is 5.75 Å². The second kappa shape index (κ2) is 10.1. The van der Waals surface area contributed by atoms with Gasteiger partial charge in [0.05, 0.1) is 19.8 Å². The fraction of sp³-hybridized carbons (Fsp3) is 0.300. The van der Waals surface area contributed by atoms with Crippen LogP contribution in [0.4, 0.5) is 14.9 Å². The van der Waals surface area contributed by atoms with E-state index in [2.05, 4.69) is 10.6 Å². The molecule has 0 unspecified atom stereocenters. The number of urea groups is 1. The summed E-state index contributed by atoms with van der Waals surface area (Å²) in [5.74, 6) is -0.327. The van der Waals surface area contributed by atoms with Gasteiger partial charge in [0.15, 0.2) is 18.2 Å². The van der Waals surface area contributed by atoms with Crippen LogP contribution in [0.2, 0.25) is 0 Å². The van der Waals surface area contributed by atoms with Gasteiger partial charge >= 0.3 is 12.0 Å². The number of hydrogen-bond acceptors (Lipinski definition) is 5. The van der Waals surface area contributed by atoms with Crippen LogP contribution in [0.15, 0.2) is 42.5 Å². The monoisotopic (exact) mass is 390 g/mol. The molecule has 8 heteroatoms. The van der Waals surface area contributed by atoms with Gasteiger partial charge in [-0.15, -0.1) is 0 Å². The molecule has 0 aliphatic rings. The second-order valence-electron chi connectivity index (χ2n) is 5.83. The Morgan fingerprint density at radius 3 is 2.46 bits per heavy atom. The molecule has 0 spiro atoms. The van der Waals surface area contributed by atoms with E-state index in [-0.39, 0.29) is 12.4 Å². The van der Waals surface area contributed by atoms with Crippen molar-refractivity contribution in [2.24, 2.45) is 0 Å². The minimum Gasteiger partial charge on any atom is -0.494 e. The number of benzene rings is 2. The van der Waals surface area contributed by atoms with Crippen LogP contribution < -0.4 is 20.1 Å². The lowest BCUT2D eigenvalue weighted by atomic mass is 10.1. The van der Waals surface area contributed by atoms with Crippen molar-refractivity contribution in [2.45, 2.75) is 19.9 Å². The summed E-state index contributed by atoms with van der Waals surface area (Å²) in [5, 5.41) is 5.40. The molecule has 0 saturated carbocycles. The van der Waals surface area contributed by atoms with Gasteiger partial charge in [-0.25, -0.2) is 14.0 Å². The first kappa shape index (κ1) is 21.0. The maximum absolute atomic E-state index is 13.8. The number of halogens is 1. The molecule has 0 heterocycles. The normalized spacial score (nSPS) is 11.3. The fourth-order valence-electron chi connectivity index (χ4n) is 2.38. The van der Waals surface area contributed by atoms with Crippen LogP contribution in [0.25, 0.3) is 0 Å². The first-order valence-electron chi connectivity index (χ1n) is 8.72. The third kappa shape index (κ3) is 6.15. The molecule has 0 aliphatic heterocycles. The molecular weight excluding hydrogens is 367 g/mol. The van der Waals surface area contributed by atoms with E-state index in [4.69, 9.17) is 14.2 Å². The number of hydrogen-bond donors (Lipinski definition) is 2. The molecule has 2 amide bonds. The van der Waals surface area contributed by atoms with Gasteiger partial charge in [0.2, 0.25) is 0 Å². The lowest BCUT2D eigenvalue weighted by Gasteiger charge is -2.16. The quantitative estimate of drug-likeness (QED) is 0.672. The van der Waals surface area contributed by atoms with Crippen molar-refractivity contribution >= 4 is 17.7 Å². The van der Waals surface area contributed by atoms with E-state index in [0.717, 1.165) is 0 Å². The van der Waals surface area contributed by atoms with E-state index in [1.54, 1.807) is 44.2 Å². The van der Waals surface area contributed by atoms with Crippen LogP contribution in [0.5, 0.6) is 11.5 Å². The third-order valence-electron chi connectivity index (χ3n) is 3.80. The number of ether oxygens (including phenoxy) is 3. The summed E-state index contributed by atoms with van der Waals surface area (Å²) in [5.41, 5.74) is 1.14. The number of carbonyl (C=O) groups is 2. The van der Waals surface area contributed by atoms with Gasteiger partial charge in [0.25, 0.3) is 0 Å². The predicted octanol–water partition coefficient (Wildman–Crippen LogP) is 3.66. The van der Waals surface area contributed by atoms with Gasteiger partial charge in [-0.2, -0.15) is 0 Å². The summed E-state index contributed by atoms with van der Waals surface area (Å²) >= 11 is 0. The summed E-state index contributed by atoms with van der Waals surface area (Å²) in [6.07, 6.45) is 0. The topological polar surface area (TPSA) is 85.9 Å². The van der Waals surface area contributed by atoms with Crippen molar-refractivity contribution in [3.8, 4) is 11.5 Å². The van der Waals surface area contributed by atoms with E-state index < -0.39 is 23.9 Å². The molecule has 0 saturated heterocycles. The maximum atomic E-state index is 13.8. The van der Waals surface area contributed by atoms with Crippen LogP contribution in [0, 0.1) is 5.82 Å². The van der Waals surface area contributed by atoms with Crippen molar-refractivity contribution in [2.75, 3.05) is 25.6 Å². The average Bonchev–Trinajstić information content (AvgIpc) is 2.67. The molecule has 28 heavy (non-hydrogen) atoms. The lowest BCUT2D eigenvalue weighted by Crippen LogP contribution is -2.31. The molecule has 2 rings (SSSR count). The minimum atomic E-state index is -0.493. The standard InChI is InChI=1S/C20H23FN2O5/c1-4-27-19(24)12-28-16-8-6-15(7-9-16)23-20(25)22-13(2)14-5-10-18(26-3)17(21)11-14/h5-11,13H,4,12H2,1-3H3,(H2,22,23,25)/t13-/m0/s1. The molecule has 1 atom stereocenters. The molecule has 0 radical (unpaired) electrons. The molecule has 150 valence electrons. The summed E-state index contributed by atoms with van der Waals surface area (Å²) in [4.78, 5) is 23.4. The summed E-state index contributed by atoms with van der Waals surface area (Å²) < 4.78 is 28.7.